The fraction of sp³-hybridized carbons (Fsp3) is 0.167. The van der Waals surface area contributed by atoms with Crippen molar-refractivity contribution in [2.24, 2.45) is 0 Å². The number of Topliss-reactive ketones (excluding diaryl/α,β-unsaturated/α-hetero) is 2. The second-order valence-corrected chi connectivity index (χ2v) is 19.8. The predicted molar refractivity (Wildman–Crippen MR) is 287 cm³/mol. The number of aryl methyl sites for hydroxylation is 2. The summed E-state index contributed by atoms with van der Waals surface area (Å²) < 4.78 is 14.5. The molecule has 0 bridgehead atoms. The number of halogens is 4. The van der Waals surface area contributed by atoms with Crippen LogP contribution in [0.2, 0.25) is 15.1 Å². The number of amides is 1. The molecule has 0 spiro atoms. The van der Waals surface area contributed by atoms with Crippen LogP contribution in [0.25, 0.3) is 62.4 Å². The summed E-state index contributed by atoms with van der Waals surface area (Å²) >= 11 is 28.9. The molecule has 22 heteroatoms. The van der Waals surface area contributed by atoms with Crippen LogP contribution in [0.1, 0.15) is 65.5 Å². The first-order valence-corrected chi connectivity index (χ1v) is 24.9. The van der Waals surface area contributed by atoms with Crippen molar-refractivity contribution in [2.45, 2.75) is 48.5 Å². The maximum atomic E-state index is 11.7. The number of hydrogen-bond donors (Lipinski definition) is 2. The van der Waals surface area contributed by atoms with E-state index in [1.54, 1.807) is 85.8 Å². The number of pyridine rings is 4. The number of fused-ring (bicyclic) bond motifs is 4. The van der Waals surface area contributed by atoms with E-state index < -0.39 is 5.24 Å². The van der Waals surface area contributed by atoms with Gasteiger partial charge >= 0.3 is 0 Å². The van der Waals surface area contributed by atoms with Gasteiger partial charge in [-0.3, -0.25) is 34.3 Å². The lowest BCUT2D eigenvalue weighted by Gasteiger charge is -1.98. The molecule has 0 unspecified atom stereocenters. The third-order valence-corrected chi connectivity index (χ3v) is 15.0. The molecule has 70 heavy (non-hydrogen) atoms. The Morgan fingerprint density at radius 3 is 1.44 bits per heavy atom. The van der Waals surface area contributed by atoms with Crippen LogP contribution in [0.15, 0.2) is 94.5 Å². The monoisotopic (exact) mass is 1090 g/mol. The first kappa shape index (κ1) is 54.8. The fourth-order valence-corrected chi connectivity index (χ4v) is 10.2. The smallest absolute Gasteiger partial charge is 0.262 e. The van der Waals surface area contributed by atoms with Gasteiger partial charge in [0, 0.05) is 37.3 Å². The Labute approximate surface area is 437 Å². The molecule has 0 radical (unpaired) electrons. The second-order valence-electron chi connectivity index (χ2n) is 14.1. The summed E-state index contributed by atoms with van der Waals surface area (Å²) in [7, 11) is 0. The van der Waals surface area contributed by atoms with Gasteiger partial charge in [0.25, 0.3) is 11.1 Å². The molecule has 10 heterocycles. The molecular weight excluding hydrogens is 1050 g/mol. The van der Waals surface area contributed by atoms with Crippen molar-refractivity contribution < 1.29 is 28.0 Å². The number of hydrogen-bond acceptors (Lipinski definition) is 17. The van der Waals surface area contributed by atoms with Crippen molar-refractivity contribution >= 4 is 161 Å². The Kier molecular flexibility index (Phi) is 20.1. The van der Waals surface area contributed by atoms with E-state index in [2.05, 4.69) is 46.6 Å². The number of nitrogens with one attached hydrogen (secondary N) is 2. The number of carbonyl (C=O) groups is 4. The molecule has 0 saturated carbocycles. The minimum absolute atomic E-state index is 0. The molecule has 10 aromatic heterocycles. The summed E-state index contributed by atoms with van der Waals surface area (Å²) in [5.41, 5.74) is 4.04. The van der Waals surface area contributed by atoms with Gasteiger partial charge in [-0.15, -0.1) is 45.3 Å². The van der Waals surface area contributed by atoms with E-state index in [1.807, 2.05) is 39.0 Å². The van der Waals surface area contributed by atoms with Crippen LogP contribution in [-0.4, -0.2) is 59.2 Å². The number of nitrogens with zero attached hydrogens (tertiary/aromatic N) is 6. The van der Waals surface area contributed by atoms with E-state index in [-0.39, 0.29) is 31.4 Å². The summed E-state index contributed by atoms with van der Waals surface area (Å²) in [6, 6.07) is 16.6. The maximum absolute atomic E-state index is 11.7. The molecule has 0 aliphatic rings. The van der Waals surface area contributed by atoms with Gasteiger partial charge in [-0.25, -0.2) is 9.97 Å². The normalized spacial score (nSPS) is 10.3. The highest BCUT2D eigenvalue weighted by Gasteiger charge is 2.15. The first-order valence-electron chi connectivity index (χ1n) is 20.1. The number of aromatic nitrogens is 6. The molecule has 0 atom stereocenters. The second kappa shape index (κ2) is 25.6. The van der Waals surface area contributed by atoms with Gasteiger partial charge in [-0.2, -0.15) is 0 Å². The first-order chi connectivity index (χ1) is 33.0. The molecule has 0 aliphatic carbocycles. The highest BCUT2D eigenvalue weighted by Crippen LogP contribution is 2.37. The highest BCUT2D eigenvalue weighted by atomic mass is 35.5. The minimum atomic E-state index is -0.473. The third kappa shape index (κ3) is 14.5. The fourth-order valence-electron chi connectivity index (χ4n) is 5.48. The average Bonchev–Trinajstić information content (AvgIpc) is 4.18. The van der Waals surface area contributed by atoms with Crippen LogP contribution in [0.3, 0.4) is 0 Å². The summed E-state index contributed by atoms with van der Waals surface area (Å²) in [5.74, 6) is 2.71. The molecule has 0 aliphatic heterocycles. The van der Waals surface area contributed by atoms with E-state index >= 15 is 0 Å². The van der Waals surface area contributed by atoms with E-state index in [0.717, 1.165) is 56.8 Å². The van der Waals surface area contributed by atoms with Gasteiger partial charge in [0.05, 0.1) is 100 Å². The number of anilines is 1. The summed E-state index contributed by atoms with van der Waals surface area (Å²) in [5, 5.41) is 6.81. The quantitative estimate of drug-likeness (QED) is 0.0829. The molecule has 0 aromatic carbocycles. The molecule has 14 nitrogen and oxygen atoms in total. The summed E-state index contributed by atoms with van der Waals surface area (Å²) in [6.07, 6.45) is 15.9. The molecule has 2 N–H and O–H groups in total. The third-order valence-electron chi connectivity index (χ3n) is 8.79. The number of oxazole rings is 2. The van der Waals surface area contributed by atoms with Crippen molar-refractivity contribution in [3.63, 3.8) is 0 Å². The van der Waals surface area contributed by atoms with E-state index in [9.17, 15) is 19.2 Å². The van der Waals surface area contributed by atoms with E-state index in [1.165, 1.54) is 40.9 Å². The van der Waals surface area contributed by atoms with Crippen LogP contribution in [-0.2, 0) is 9.59 Å². The van der Waals surface area contributed by atoms with Gasteiger partial charge in [0.1, 0.15) is 23.1 Å². The maximum Gasteiger partial charge on any atom is 0.262 e. The molecular formula is C48H40Cl4N8O6S4. The van der Waals surface area contributed by atoms with E-state index in [4.69, 9.17) is 61.7 Å². The van der Waals surface area contributed by atoms with Crippen molar-refractivity contribution in [1.82, 2.24) is 35.2 Å². The van der Waals surface area contributed by atoms with Crippen LogP contribution >= 0.6 is 91.8 Å². The standard InChI is InChI=1S/C13H9N3OS.C11H9ClN2O2S.C11H7ClN2OS.C8H3Cl2NOS.C4H8O.CH4/c1-3-14-9-4-5-15-10-6-11(18-12(9)10)13-16-7-8(2)17-13;1-6(15)5-14-11(16)9-4-8-10(17-9)7(12)2-3-13-8;1-6-5-14-11(15-6)9-4-8-10(16-9)7(12)2-3-13-8;9-4-1-2-11-5-3-6(8(10)12)13-7(4)5;1-3-4(2)5;/h1,4-7H,2H3,(H,14,15);2-4H,5H2,1H3,(H,14,16);2-5H,1H3;1-3H;3H2,1-2H3;1H4. The Hall–Kier alpha value is -6.14. The van der Waals surface area contributed by atoms with Crippen molar-refractivity contribution in [3.8, 4) is 34.0 Å². The Balaban J connectivity index is 0.000000168. The van der Waals surface area contributed by atoms with Crippen LogP contribution in [0, 0.1) is 26.3 Å². The molecule has 0 saturated heterocycles. The Bertz CT molecular complexity index is 3500. The van der Waals surface area contributed by atoms with Crippen molar-refractivity contribution in [1.29, 1.82) is 0 Å². The van der Waals surface area contributed by atoms with Gasteiger partial charge in [0.2, 0.25) is 11.8 Å². The van der Waals surface area contributed by atoms with Crippen molar-refractivity contribution in [2.75, 3.05) is 11.9 Å². The topological polar surface area (TPSA) is 196 Å². The average molecular weight is 1090 g/mol. The lowest BCUT2D eigenvalue weighted by atomic mass is 10.3. The van der Waals surface area contributed by atoms with Crippen LogP contribution < -0.4 is 10.6 Å². The zero-order chi connectivity index (χ0) is 49.8. The van der Waals surface area contributed by atoms with Gasteiger partial charge in [-0.1, -0.05) is 55.6 Å². The Morgan fingerprint density at radius 1 is 0.629 bits per heavy atom. The molecule has 1 amide bonds. The number of rotatable bonds is 8. The highest BCUT2D eigenvalue weighted by molar-refractivity contribution is 7.23. The number of thiophene rings is 4. The summed E-state index contributed by atoms with van der Waals surface area (Å²) in [4.78, 5) is 71.1. The number of carbonyl (C=O) groups excluding carboxylic acids is 4. The summed E-state index contributed by atoms with van der Waals surface area (Å²) in [6.45, 7) is 8.63. The molecule has 360 valence electrons. The van der Waals surface area contributed by atoms with Crippen LogP contribution in [0.5, 0.6) is 0 Å². The molecule has 10 rings (SSSR count). The largest absolute Gasteiger partial charge is 0.441 e. The zero-order valence-electron chi connectivity index (χ0n) is 36.9. The zero-order valence-corrected chi connectivity index (χ0v) is 43.1. The lowest BCUT2D eigenvalue weighted by molar-refractivity contribution is -0.117. The van der Waals surface area contributed by atoms with Gasteiger partial charge in [0.15, 0.2) is 0 Å². The number of ketones is 2. The van der Waals surface area contributed by atoms with Gasteiger partial charge in [-0.05, 0) is 87.8 Å². The minimum Gasteiger partial charge on any atom is -0.441 e. The molecule has 10 aromatic rings. The van der Waals surface area contributed by atoms with Crippen molar-refractivity contribution in [3.05, 3.63) is 122 Å². The molecule has 0 fully saturated rings. The number of terminal acetylenes is 1. The lowest BCUT2D eigenvalue weighted by Crippen LogP contribution is -2.27. The predicted octanol–water partition coefficient (Wildman–Crippen LogP) is 14.4. The van der Waals surface area contributed by atoms with E-state index in [0.29, 0.717) is 54.1 Å². The van der Waals surface area contributed by atoms with Gasteiger partial charge < -0.3 is 24.3 Å². The van der Waals surface area contributed by atoms with Crippen LogP contribution in [0.4, 0.5) is 5.69 Å². The SMILES string of the molecule is C.C#CNc1ccnc2cc(-c3ncc(C)o3)sc12.CC(=O)CNC(=O)c1cc2nccc(Cl)c2s1.CCC(C)=O.Cc1cnc(-c2cc3nccc(Cl)c3s2)o1.O=C(Cl)c1cc2nccc(Cl)c2s1. The Morgan fingerprint density at radius 2 is 1.04 bits per heavy atom.